The first kappa shape index (κ1) is 19.9. The number of anilines is 2. The normalized spacial score (nSPS) is 10.6. The number of methoxy groups -OCH3 is 2. The molecule has 0 atom stereocenters. The number of para-hydroxylation sites is 1. The first-order chi connectivity index (χ1) is 12.8. The van der Waals surface area contributed by atoms with Crippen LogP contribution in [0.4, 0.5) is 20.2 Å². The molecule has 6 nitrogen and oxygen atoms in total. The van der Waals surface area contributed by atoms with Crippen LogP contribution in [0.3, 0.4) is 0 Å². The quantitative estimate of drug-likeness (QED) is 0.756. The fraction of sp³-hybridized carbons (Fsp3) is 0.158. The molecule has 2 aromatic rings. The standard InChI is InChI=1S/C19H18F2N2O4/c1-11(24)22-15-10-16(14(21)9-13(15)20)23-18(25)8-7-12-5-4-6-17(26-2)19(12)27-3/h4-10H,1-3H3,(H,22,24)(H,23,25)/b8-7+. The zero-order valence-electron chi connectivity index (χ0n) is 14.9. The lowest BCUT2D eigenvalue weighted by Gasteiger charge is -2.10. The number of hydrogen-bond acceptors (Lipinski definition) is 4. The monoisotopic (exact) mass is 376 g/mol. The molecule has 0 aliphatic carbocycles. The molecular weight excluding hydrogens is 358 g/mol. The minimum Gasteiger partial charge on any atom is -0.493 e. The van der Waals surface area contributed by atoms with Crippen molar-refractivity contribution >= 4 is 29.3 Å². The van der Waals surface area contributed by atoms with Crippen LogP contribution in [0, 0.1) is 11.6 Å². The number of carbonyl (C=O) groups is 2. The maximum atomic E-state index is 13.9. The SMILES string of the molecule is COc1cccc(/C=C/C(=O)Nc2cc(NC(C)=O)c(F)cc2F)c1OC. The predicted octanol–water partition coefficient (Wildman–Crippen LogP) is 3.59. The van der Waals surface area contributed by atoms with E-state index >= 15 is 0 Å². The topological polar surface area (TPSA) is 76.7 Å². The molecule has 8 heteroatoms. The van der Waals surface area contributed by atoms with Crippen LogP contribution in [-0.4, -0.2) is 26.0 Å². The molecule has 0 spiro atoms. The third-order valence-corrected chi connectivity index (χ3v) is 3.47. The van der Waals surface area contributed by atoms with Crippen LogP contribution in [-0.2, 0) is 9.59 Å². The van der Waals surface area contributed by atoms with Crippen LogP contribution >= 0.6 is 0 Å². The molecule has 0 unspecified atom stereocenters. The Morgan fingerprint density at radius 1 is 1.00 bits per heavy atom. The van der Waals surface area contributed by atoms with Gasteiger partial charge in [0.1, 0.15) is 11.6 Å². The van der Waals surface area contributed by atoms with Gasteiger partial charge < -0.3 is 20.1 Å². The number of nitrogens with one attached hydrogen (secondary N) is 2. The summed E-state index contributed by atoms with van der Waals surface area (Å²) in [5.41, 5.74) is 0.0653. The summed E-state index contributed by atoms with van der Waals surface area (Å²) in [5.74, 6) is -2.17. The summed E-state index contributed by atoms with van der Waals surface area (Å²) in [6, 6.07) is 6.71. The highest BCUT2D eigenvalue weighted by Crippen LogP contribution is 2.31. The summed E-state index contributed by atoms with van der Waals surface area (Å²) in [7, 11) is 2.95. The second kappa shape index (κ2) is 8.79. The largest absolute Gasteiger partial charge is 0.493 e. The number of rotatable bonds is 6. The van der Waals surface area contributed by atoms with Crippen molar-refractivity contribution in [3.05, 3.63) is 53.6 Å². The highest BCUT2D eigenvalue weighted by Gasteiger charge is 2.13. The van der Waals surface area contributed by atoms with Crippen LogP contribution in [0.2, 0.25) is 0 Å². The Labute approximate surface area is 154 Å². The van der Waals surface area contributed by atoms with Gasteiger partial charge in [-0.3, -0.25) is 9.59 Å². The average molecular weight is 376 g/mol. The Morgan fingerprint density at radius 3 is 2.26 bits per heavy atom. The first-order valence-corrected chi connectivity index (χ1v) is 7.82. The van der Waals surface area contributed by atoms with Gasteiger partial charge in [-0.15, -0.1) is 0 Å². The molecule has 0 aliphatic heterocycles. The van der Waals surface area contributed by atoms with Gasteiger partial charge in [0.25, 0.3) is 0 Å². The van der Waals surface area contributed by atoms with Crippen molar-refractivity contribution in [2.75, 3.05) is 24.9 Å². The Hall–Kier alpha value is -3.42. The number of ether oxygens (including phenoxy) is 2. The second-order valence-electron chi connectivity index (χ2n) is 5.40. The molecule has 2 aromatic carbocycles. The van der Waals surface area contributed by atoms with Crippen LogP contribution < -0.4 is 20.1 Å². The van der Waals surface area contributed by atoms with E-state index in [1.807, 2.05) is 0 Å². The summed E-state index contributed by atoms with van der Waals surface area (Å²) in [4.78, 5) is 23.2. The maximum absolute atomic E-state index is 13.9. The van der Waals surface area contributed by atoms with E-state index in [4.69, 9.17) is 9.47 Å². The number of carbonyl (C=O) groups excluding carboxylic acids is 2. The van der Waals surface area contributed by atoms with Crippen LogP contribution in [0.15, 0.2) is 36.4 Å². The lowest BCUT2D eigenvalue weighted by Crippen LogP contribution is -2.12. The molecule has 0 aromatic heterocycles. The van der Waals surface area contributed by atoms with E-state index in [1.54, 1.807) is 18.2 Å². The van der Waals surface area contributed by atoms with Crippen molar-refractivity contribution in [1.82, 2.24) is 0 Å². The molecule has 2 N–H and O–H groups in total. The lowest BCUT2D eigenvalue weighted by atomic mass is 10.1. The van der Waals surface area contributed by atoms with Gasteiger partial charge in [-0.25, -0.2) is 8.78 Å². The molecule has 0 radical (unpaired) electrons. The van der Waals surface area contributed by atoms with Gasteiger partial charge in [0.15, 0.2) is 11.5 Å². The smallest absolute Gasteiger partial charge is 0.248 e. The Morgan fingerprint density at radius 2 is 1.67 bits per heavy atom. The molecule has 0 bridgehead atoms. The number of halogens is 2. The van der Waals surface area contributed by atoms with E-state index in [1.165, 1.54) is 27.2 Å². The molecule has 0 saturated heterocycles. The van der Waals surface area contributed by atoms with Crippen LogP contribution in [0.1, 0.15) is 12.5 Å². The molecule has 2 rings (SSSR count). The zero-order valence-corrected chi connectivity index (χ0v) is 14.9. The summed E-state index contributed by atoms with van der Waals surface area (Å²) in [6.07, 6.45) is 2.63. The van der Waals surface area contributed by atoms with Crippen molar-refractivity contribution in [1.29, 1.82) is 0 Å². The van der Waals surface area contributed by atoms with Crippen molar-refractivity contribution in [2.24, 2.45) is 0 Å². The average Bonchev–Trinajstić information content (AvgIpc) is 2.63. The summed E-state index contributed by atoms with van der Waals surface area (Å²) < 4.78 is 38.0. The minimum atomic E-state index is -0.970. The lowest BCUT2D eigenvalue weighted by molar-refractivity contribution is -0.114. The Bertz CT molecular complexity index is 898. The number of amides is 2. The molecule has 0 fully saturated rings. The van der Waals surface area contributed by atoms with E-state index in [2.05, 4.69) is 10.6 Å². The van der Waals surface area contributed by atoms with Crippen molar-refractivity contribution in [2.45, 2.75) is 6.92 Å². The summed E-state index contributed by atoms with van der Waals surface area (Å²) in [6.45, 7) is 1.19. The molecule has 0 aliphatic rings. The number of hydrogen-bond donors (Lipinski definition) is 2. The highest BCUT2D eigenvalue weighted by molar-refractivity contribution is 6.02. The van der Waals surface area contributed by atoms with Gasteiger partial charge in [0.2, 0.25) is 11.8 Å². The van der Waals surface area contributed by atoms with Gasteiger partial charge in [-0.05, 0) is 18.2 Å². The third kappa shape index (κ3) is 5.04. The van der Waals surface area contributed by atoms with Gasteiger partial charge in [0, 0.05) is 24.6 Å². The summed E-state index contributed by atoms with van der Waals surface area (Å²) >= 11 is 0. The van der Waals surface area contributed by atoms with Gasteiger partial charge in [0.05, 0.1) is 25.6 Å². The Kier molecular flexibility index (Phi) is 6.48. The van der Waals surface area contributed by atoms with E-state index < -0.39 is 23.4 Å². The van der Waals surface area contributed by atoms with Crippen molar-refractivity contribution in [3.63, 3.8) is 0 Å². The van der Waals surface area contributed by atoms with E-state index in [0.717, 1.165) is 12.1 Å². The van der Waals surface area contributed by atoms with E-state index in [9.17, 15) is 18.4 Å². The molecule has 0 heterocycles. The zero-order chi connectivity index (χ0) is 20.0. The maximum Gasteiger partial charge on any atom is 0.248 e. The molecule has 2 amide bonds. The Balaban J connectivity index is 2.21. The second-order valence-corrected chi connectivity index (χ2v) is 5.40. The van der Waals surface area contributed by atoms with E-state index in [0.29, 0.717) is 23.1 Å². The van der Waals surface area contributed by atoms with Crippen molar-refractivity contribution in [3.8, 4) is 11.5 Å². The molecule has 0 saturated carbocycles. The van der Waals surface area contributed by atoms with Crippen LogP contribution in [0.5, 0.6) is 11.5 Å². The molecule has 27 heavy (non-hydrogen) atoms. The predicted molar refractivity (Wildman–Crippen MR) is 97.9 cm³/mol. The highest BCUT2D eigenvalue weighted by atomic mass is 19.1. The van der Waals surface area contributed by atoms with Crippen LogP contribution in [0.25, 0.3) is 6.08 Å². The van der Waals surface area contributed by atoms with Gasteiger partial charge in [-0.2, -0.15) is 0 Å². The third-order valence-electron chi connectivity index (χ3n) is 3.47. The van der Waals surface area contributed by atoms with Gasteiger partial charge >= 0.3 is 0 Å². The van der Waals surface area contributed by atoms with Gasteiger partial charge in [-0.1, -0.05) is 12.1 Å². The molecule has 142 valence electrons. The minimum absolute atomic E-state index is 0.238. The van der Waals surface area contributed by atoms with E-state index in [-0.39, 0.29) is 11.4 Å². The fourth-order valence-corrected chi connectivity index (χ4v) is 2.31. The first-order valence-electron chi connectivity index (χ1n) is 7.82. The summed E-state index contributed by atoms with van der Waals surface area (Å²) in [5, 5.41) is 4.52. The molecular formula is C19H18F2N2O4. The fourth-order valence-electron chi connectivity index (χ4n) is 2.31. The number of benzene rings is 2. The van der Waals surface area contributed by atoms with Crippen molar-refractivity contribution < 1.29 is 27.8 Å².